The fourth-order valence-corrected chi connectivity index (χ4v) is 2.40. The Labute approximate surface area is 113 Å². The van der Waals surface area contributed by atoms with E-state index in [1.165, 1.54) is 18.2 Å². The van der Waals surface area contributed by atoms with Gasteiger partial charge in [-0.25, -0.2) is 4.79 Å². The van der Waals surface area contributed by atoms with E-state index in [1.807, 2.05) is 0 Å². The highest BCUT2D eigenvalue weighted by Crippen LogP contribution is 2.29. The van der Waals surface area contributed by atoms with E-state index in [9.17, 15) is 20.0 Å². The lowest BCUT2D eigenvalue weighted by Gasteiger charge is -2.19. The summed E-state index contributed by atoms with van der Waals surface area (Å²) in [5, 5.41) is 20.5. The predicted molar refractivity (Wildman–Crippen MR) is 68.7 cm³/mol. The number of hydrogen-bond acceptors (Lipinski definition) is 5. The summed E-state index contributed by atoms with van der Waals surface area (Å²) in [5.41, 5.74) is 1.55. The molecule has 1 aliphatic heterocycles. The minimum Gasteiger partial charge on any atom is -0.478 e. The highest BCUT2D eigenvalue weighted by molar-refractivity contribution is 6.04. The molecule has 2 heterocycles. The fourth-order valence-electron chi connectivity index (χ4n) is 2.40. The van der Waals surface area contributed by atoms with Crippen LogP contribution in [0.25, 0.3) is 10.9 Å². The van der Waals surface area contributed by atoms with Gasteiger partial charge < -0.3 is 9.84 Å². The molecule has 1 N–H and O–H groups in total. The number of rotatable bonds is 2. The van der Waals surface area contributed by atoms with Crippen molar-refractivity contribution in [3.05, 3.63) is 45.1 Å². The number of nitrogens with zero attached hydrogens (tertiary/aromatic N) is 2. The van der Waals surface area contributed by atoms with Crippen molar-refractivity contribution in [2.75, 3.05) is 6.61 Å². The van der Waals surface area contributed by atoms with E-state index in [-0.39, 0.29) is 23.2 Å². The van der Waals surface area contributed by atoms with Crippen molar-refractivity contribution in [2.24, 2.45) is 0 Å². The molecule has 0 unspecified atom stereocenters. The van der Waals surface area contributed by atoms with Crippen molar-refractivity contribution in [1.82, 2.24) is 4.98 Å². The first kappa shape index (κ1) is 12.5. The molecule has 0 fully saturated rings. The Morgan fingerprint density at radius 1 is 1.45 bits per heavy atom. The smallest absolute Gasteiger partial charge is 0.336 e. The van der Waals surface area contributed by atoms with Gasteiger partial charge in [-0.1, -0.05) is 0 Å². The molecular weight excluding hydrogens is 264 g/mol. The summed E-state index contributed by atoms with van der Waals surface area (Å²) in [6.07, 6.45) is 0.544. The third kappa shape index (κ3) is 1.88. The maximum absolute atomic E-state index is 11.5. The minimum atomic E-state index is -1.13. The average Bonchev–Trinajstić information content (AvgIpc) is 2.43. The summed E-state index contributed by atoms with van der Waals surface area (Å²) >= 11 is 0. The minimum absolute atomic E-state index is 0.0494. The molecule has 0 saturated carbocycles. The van der Waals surface area contributed by atoms with Crippen LogP contribution < -0.4 is 0 Å². The number of aromatic carboxylic acids is 1. The molecule has 7 heteroatoms. The van der Waals surface area contributed by atoms with Crippen molar-refractivity contribution < 1.29 is 19.6 Å². The third-order valence-electron chi connectivity index (χ3n) is 3.31. The average molecular weight is 274 g/mol. The van der Waals surface area contributed by atoms with Gasteiger partial charge in [0, 0.05) is 35.2 Å². The molecule has 1 aromatic carbocycles. The fraction of sp³-hybridized carbons (Fsp3) is 0.231. The normalized spacial score (nSPS) is 14.0. The van der Waals surface area contributed by atoms with Gasteiger partial charge in [0.15, 0.2) is 0 Å². The van der Waals surface area contributed by atoms with Crippen molar-refractivity contribution in [3.63, 3.8) is 0 Å². The zero-order valence-electron chi connectivity index (χ0n) is 10.3. The number of pyridine rings is 1. The monoisotopic (exact) mass is 274 g/mol. The summed E-state index contributed by atoms with van der Waals surface area (Å²) in [6.45, 7) is 0.667. The van der Waals surface area contributed by atoms with Gasteiger partial charge in [0.25, 0.3) is 5.69 Å². The van der Waals surface area contributed by atoms with Crippen LogP contribution in [0.5, 0.6) is 0 Å². The molecule has 0 bridgehead atoms. The Morgan fingerprint density at radius 2 is 2.25 bits per heavy atom. The number of non-ortho nitro benzene ring substituents is 1. The zero-order chi connectivity index (χ0) is 14.3. The number of nitro groups is 1. The number of ether oxygens (including phenoxy) is 1. The second-order valence-electron chi connectivity index (χ2n) is 4.48. The zero-order valence-corrected chi connectivity index (χ0v) is 10.3. The molecule has 102 valence electrons. The lowest BCUT2D eigenvalue weighted by molar-refractivity contribution is -0.384. The van der Waals surface area contributed by atoms with Crippen LogP contribution in [0.3, 0.4) is 0 Å². The third-order valence-corrected chi connectivity index (χ3v) is 3.31. The van der Waals surface area contributed by atoms with Crippen LogP contribution >= 0.6 is 0 Å². The van der Waals surface area contributed by atoms with Gasteiger partial charge in [-0.3, -0.25) is 15.1 Å². The number of fused-ring (bicyclic) bond motifs is 2. The molecule has 2 aromatic rings. The van der Waals surface area contributed by atoms with Crippen LogP contribution in [-0.2, 0) is 17.8 Å². The van der Waals surface area contributed by atoms with Gasteiger partial charge >= 0.3 is 5.97 Å². The van der Waals surface area contributed by atoms with Crippen LogP contribution in [0, 0.1) is 10.1 Å². The van der Waals surface area contributed by atoms with Crippen LogP contribution in [0.15, 0.2) is 18.2 Å². The van der Waals surface area contributed by atoms with E-state index in [4.69, 9.17) is 4.74 Å². The molecule has 0 aliphatic carbocycles. The van der Waals surface area contributed by atoms with Crippen LogP contribution in [-0.4, -0.2) is 27.6 Å². The summed E-state index contributed by atoms with van der Waals surface area (Å²) < 4.78 is 5.28. The van der Waals surface area contributed by atoms with E-state index in [0.29, 0.717) is 29.8 Å². The van der Waals surface area contributed by atoms with Crippen LogP contribution in [0.2, 0.25) is 0 Å². The van der Waals surface area contributed by atoms with Crippen LogP contribution in [0.4, 0.5) is 5.69 Å². The van der Waals surface area contributed by atoms with E-state index in [0.717, 1.165) is 0 Å². The van der Waals surface area contributed by atoms with Gasteiger partial charge in [-0.05, 0) is 6.07 Å². The first-order valence-electron chi connectivity index (χ1n) is 5.99. The molecule has 0 amide bonds. The van der Waals surface area contributed by atoms with E-state index in [1.54, 1.807) is 0 Å². The second-order valence-corrected chi connectivity index (χ2v) is 4.48. The van der Waals surface area contributed by atoms with Gasteiger partial charge in [0.05, 0.1) is 29.2 Å². The topological polar surface area (TPSA) is 103 Å². The van der Waals surface area contributed by atoms with E-state index < -0.39 is 10.9 Å². The Kier molecular flexibility index (Phi) is 2.83. The quantitative estimate of drug-likeness (QED) is 0.662. The SMILES string of the molecule is O=C(O)c1c2c(nc3ccc([N+](=O)[O-])cc13)CCOC2. The van der Waals surface area contributed by atoms with E-state index >= 15 is 0 Å². The van der Waals surface area contributed by atoms with Gasteiger partial charge in [0.1, 0.15) is 0 Å². The molecule has 0 saturated heterocycles. The number of nitro benzene ring substituents is 1. The summed E-state index contributed by atoms with van der Waals surface area (Å²) in [5.74, 6) is -1.13. The largest absolute Gasteiger partial charge is 0.478 e. The predicted octanol–water partition coefficient (Wildman–Crippen LogP) is 1.91. The number of carboxylic acid groups (broad SMARTS) is 1. The number of aromatic nitrogens is 1. The van der Waals surface area contributed by atoms with E-state index in [2.05, 4.69) is 4.98 Å². The van der Waals surface area contributed by atoms with Crippen molar-refractivity contribution in [1.29, 1.82) is 0 Å². The maximum Gasteiger partial charge on any atom is 0.336 e. The number of carbonyl (C=O) groups is 1. The Bertz CT molecular complexity index is 741. The molecular formula is C13H10N2O5. The molecule has 7 nitrogen and oxygen atoms in total. The number of hydrogen-bond donors (Lipinski definition) is 1. The molecule has 3 rings (SSSR count). The Morgan fingerprint density at radius 3 is 2.95 bits per heavy atom. The van der Waals surface area contributed by atoms with Crippen molar-refractivity contribution in [3.8, 4) is 0 Å². The molecule has 0 spiro atoms. The highest BCUT2D eigenvalue weighted by Gasteiger charge is 2.23. The van der Waals surface area contributed by atoms with Gasteiger partial charge in [0.2, 0.25) is 0 Å². The summed E-state index contributed by atoms with van der Waals surface area (Å²) in [6, 6.07) is 4.06. The molecule has 0 atom stereocenters. The Hall–Kier alpha value is -2.54. The molecule has 20 heavy (non-hydrogen) atoms. The van der Waals surface area contributed by atoms with Crippen molar-refractivity contribution >= 4 is 22.6 Å². The lowest BCUT2D eigenvalue weighted by Crippen LogP contribution is -2.17. The van der Waals surface area contributed by atoms with Gasteiger partial charge in [-0.2, -0.15) is 0 Å². The highest BCUT2D eigenvalue weighted by atomic mass is 16.6. The molecule has 0 radical (unpaired) electrons. The molecule has 1 aromatic heterocycles. The van der Waals surface area contributed by atoms with Crippen molar-refractivity contribution in [2.45, 2.75) is 13.0 Å². The summed E-state index contributed by atoms with van der Waals surface area (Å²) in [7, 11) is 0. The first-order valence-corrected chi connectivity index (χ1v) is 5.99. The second kappa shape index (κ2) is 4.53. The van der Waals surface area contributed by atoms with Gasteiger partial charge in [-0.15, -0.1) is 0 Å². The standard InChI is InChI=1S/C13H10N2O5/c16-13(17)12-8-5-7(15(18)19)1-2-10(8)14-11-3-4-20-6-9(11)12/h1-2,5H,3-4,6H2,(H,16,17). The Balaban J connectivity index is 2.37. The molecule has 1 aliphatic rings. The first-order chi connectivity index (χ1) is 9.58. The number of benzene rings is 1. The summed E-state index contributed by atoms with van der Waals surface area (Å²) in [4.78, 5) is 26.2. The maximum atomic E-state index is 11.5. The lowest BCUT2D eigenvalue weighted by atomic mass is 9.98. The van der Waals surface area contributed by atoms with Crippen LogP contribution in [0.1, 0.15) is 21.6 Å². The number of carboxylic acids is 1.